The predicted molar refractivity (Wildman–Crippen MR) is 176 cm³/mol. The standard InChI is InChI=1S/C17H16F3N5O4.C15H14F3N5O2/c1-16(28,9-25-8-12(7-22-25)24-15(27)29-2)14(26)23-11-4-3-10(6-21)13(5-11)17(18,19)20;1-14(25,8-23-7-10(20)6-21-23)13(24)22-11-3-2-9(5-19)12(4-11)15(16,17)18/h3-5,7-8,28H,9H2,1-2H3,(H,23,26)(H,24,27);2-4,6-7,25H,8,20H2,1H3,(H,22,24)/t16-;14-/m00/s1. The number of alkyl halides is 6. The zero-order chi connectivity index (χ0) is 40.6. The van der Waals surface area contributed by atoms with Gasteiger partial charge in [-0.25, -0.2) is 4.79 Å². The zero-order valence-electron chi connectivity index (χ0n) is 28.2. The third-order valence-electron chi connectivity index (χ3n) is 7.04. The van der Waals surface area contributed by atoms with Gasteiger partial charge in [-0.3, -0.25) is 24.3 Å². The molecular formula is C32H30F6N10O6. The van der Waals surface area contributed by atoms with E-state index in [0.29, 0.717) is 17.8 Å². The summed E-state index contributed by atoms with van der Waals surface area (Å²) < 4.78 is 84.7. The molecule has 2 atom stereocenters. The molecule has 0 aliphatic rings. The fourth-order valence-electron chi connectivity index (χ4n) is 4.36. The molecule has 0 aliphatic carbocycles. The number of ether oxygens (including phenoxy) is 1. The monoisotopic (exact) mass is 764 g/mol. The average molecular weight is 765 g/mol. The molecular weight excluding hydrogens is 734 g/mol. The number of nitrogen functional groups attached to an aromatic ring is 1. The molecule has 0 unspecified atom stereocenters. The number of aliphatic hydroxyl groups is 2. The lowest BCUT2D eigenvalue weighted by Gasteiger charge is -2.22. The van der Waals surface area contributed by atoms with Crippen molar-refractivity contribution in [2.45, 2.75) is 50.5 Å². The number of anilines is 4. The van der Waals surface area contributed by atoms with Gasteiger partial charge in [-0.15, -0.1) is 0 Å². The van der Waals surface area contributed by atoms with E-state index in [1.807, 2.05) is 0 Å². The molecule has 22 heteroatoms. The van der Waals surface area contributed by atoms with Crippen molar-refractivity contribution in [3.8, 4) is 12.1 Å². The number of hydrogen-bond donors (Lipinski definition) is 6. The van der Waals surface area contributed by atoms with E-state index < -0.39 is 63.7 Å². The molecule has 0 saturated heterocycles. The Bertz CT molecular complexity index is 2090. The summed E-state index contributed by atoms with van der Waals surface area (Å²) in [6, 6.07) is 8.26. The topological polar surface area (TPSA) is 246 Å². The summed E-state index contributed by atoms with van der Waals surface area (Å²) >= 11 is 0. The second-order valence-electron chi connectivity index (χ2n) is 11.7. The molecule has 7 N–H and O–H groups in total. The lowest BCUT2D eigenvalue weighted by Crippen LogP contribution is -2.43. The van der Waals surface area contributed by atoms with Crippen LogP contribution >= 0.6 is 0 Å². The van der Waals surface area contributed by atoms with Gasteiger partial charge in [0.2, 0.25) is 0 Å². The number of carbonyl (C=O) groups is 3. The number of nitrogens with one attached hydrogen (secondary N) is 3. The van der Waals surface area contributed by atoms with E-state index in [-0.39, 0.29) is 30.2 Å². The van der Waals surface area contributed by atoms with Gasteiger partial charge in [0.05, 0.1) is 78.4 Å². The molecule has 4 rings (SSSR count). The van der Waals surface area contributed by atoms with Gasteiger partial charge in [-0.2, -0.15) is 47.1 Å². The van der Waals surface area contributed by atoms with Crippen LogP contribution in [0.3, 0.4) is 0 Å². The molecule has 54 heavy (non-hydrogen) atoms. The molecule has 0 bridgehead atoms. The van der Waals surface area contributed by atoms with E-state index in [2.05, 4.69) is 30.9 Å². The molecule has 16 nitrogen and oxygen atoms in total. The number of hydrogen-bond acceptors (Lipinski definition) is 11. The molecule has 286 valence electrons. The minimum atomic E-state index is -4.79. The van der Waals surface area contributed by atoms with Crippen molar-refractivity contribution < 1.29 is 55.7 Å². The highest BCUT2D eigenvalue weighted by Crippen LogP contribution is 2.35. The van der Waals surface area contributed by atoms with Crippen molar-refractivity contribution >= 4 is 40.7 Å². The molecule has 3 amide bonds. The molecule has 2 aromatic carbocycles. The second-order valence-corrected chi connectivity index (χ2v) is 11.7. The largest absolute Gasteiger partial charge is 0.453 e. The van der Waals surface area contributed by atoms with Crippen LogP contribution in [0.25, 0.3) is 0 Å². The van der Waals surface area contributed by atoms with Crippen LogP contribution in [0.4, 0.5) is 53.9 Å². The van der Waals surface area contributed by atoms with Crippen LogP contribution in [0.1, 0.15) is 36.1 Å². The first-order chi connectivity index (χ1) is 25.0. The Morgan fingerprint density at radius 1 is 0.759 bits per heavy atom. The van der Waals surface area contributed by atoms with E-state index in [1.165, 1.54) is 55.6 Å². The maximum absolute atomic E-state index is 13.0. The number of methoxy groups -OCH3 is 1. The number of nitrogens with zero attached hydrogens (tertiary/aromatic N) is 6. The van der Waals surface area contributed by atoms with E-state index in [1.54, 1.807) is 0 Å². The summed E-state index contributed by atoms with van der Waals surface area (Å²) in [6.45, 7) is 1.72. The Hall–Kier alpha value is -6.65. The Morgan fingerprint density at radius 2 is 1.19 bits per heavy atom. The number of aromatic nitrogens is 4. The minimum Gasteiger partial charge on any atom is -0.453 e. The summed E-state index contributed by atoms with van der Waals surface area (Å²) in [7, 11) is 1.17. The highest BCUT2D eigenvalue weighted by atomic mass is 19.4. The fraction of sp³-hybridized carbons (Fsp3) is 0.281. The predicted octanol–water partition coefficient (Wildman–Crippen LogP) is 4.09. The van der Waals surface area contributed by atoms with E-state index in [0.717, 1.165) is 35.9 Å². The normalized spacial score (nSPS) is 13.4. The third-order valence-corrected chi connectivity index (χ3v) is 7.04. The summed E-state index contributed by atoms with van der Waals surface area (Å²) in [5, 5.41) is 52.6. The van der Waals surface area contributed by atoms with Gasteiger partial charge in [-0.1, -0.05) is 0 Å². The Balaban J connectivity index is 0.000000294. The van der Waals surface area contributed by atoms with Crippen molar-refractivity contribution in [3.63, 3.8) is 0 Å². The first-order valence-corrected chi connectivity index (χ1v) is 14.9. The number of benzene rings is 2. The van der Waals surface area contributed by atoms with Gasteiger partial charge in [0.15, 0.2) is 11.2 Å². The van der Waals surface area contributed by atoms with Crippen LogP contribution in [0.2, 0.25) is 0 Å². The molecule has 0 saturated carbocycles. The van der Waals surface area contributed by atoms with Crippen LogP contribution in [0.15, 0.2) is 61.2 Å². The van der Waals surface area contributed by atoms with Crippen molar-refractivity contribution in [3.05, 3.63) is 83.4 Å². The Morgan fingerprint density at radius 3 is 1.56 bits per heavy atom. The minimum absolute atomic E-state index is 0.198. The smallest absolute Gasteiger partial charge is 0.417 e. The first-order valence-electron chi connectivity index (χ1n) is 14.9. The van der Waals surface area contributed by atoms with Gasteiger partial charge in [0.25, 0.3) is 11.8 Å². The summed E-state index contributed by atoms with van der Waals surface area (Å²) in [6.07, 6.45) is -4.98. The van der Waals surface area contributed by atoms with Crippen LogP contribution in [0, 0.1) is 22.7 Å². The number of nitrogens with two attached hydrogens (primary N) is 1. The Labute approximate surface area is 301 Å². The average Bonchev–Trinajstić information content (AvgIpc) is 3.70. The van der Waals surface area contributed by atoms with Gasteiger partial charge in [0.1, 0.15) is 0 Å². The van der Waals surface area contributed by atoms with Crippen molar-refractivity contribution in [2.75, 3.05) is 28.8 Å². The highest BCUT2D eigenvalue weighted by Gasteiger charge is 2.37. The lowest BCUT2D eigenvalue weighted by molar-refractivity contribution is -0.138. The molecule has 2 heterocycles. The van der Waals surface area contributed by atoms with Gasteiger partial charge in [0, 0.05) is 23.8 Å². The fourth-order valence-corrected chi connectivity index (χ4v) is 4.36. The molecule has 0 spiro atoms. The van der Waals surface area contributed by atoms with Crippen molar-refractivity contribution in [1.82, 2.24) is 19.6 Å². The highest BCUT2D eigenvalue weighted by molar-refractivity contribution is 5.97. The second kappa shape index (κ2) is 16.4. The van der Waals surface area contributed by atoms with E-state index >= 15 is 0 Å². The number of rotatable bonds is 9. The van der Waals surface area contributed by atoms with Crippen LogP contribution in [0.5, 0.6) is 0 Å². The summed E-state index contributed by atoms with van der Waals surface area (Å²) in [5.41, 5.74) is -1.92. The number of carbonyl (C=O) groups excluding carboxylic acids is 3. The van der Waals surface area contributed by atoms with Crippen LogP contribution in [-0.4, -0.2) is 66.0 Å². The first kappa shape index (κ1) is 41.8. The van der Waals surface area contributed by atoms with E-state index in [4.69, 9.17) is 16.3 Å². The maximum Gasteiger partial charge on any atom is 0.417 e. The molecule has 0 radical (unpaired) electrons. The van der Waals surface area contributed by atoms with Crippen LogP contribution < -0.4 is 21.7 Å². The van der Waals surface area contributed by atoms with Crippen molar-refractivity contribution in [2.24, 2.45) is 0 Å². The summed E-state index contributed by atoms with van der Waals surface area (Å²) in [5.74, 6) is -1.92. The van der Waals surface area contributed by atoms with Crippen LogP contribution in [-0.2, 0) is 39.8 Å². The van der Waals surface area contributed by atoms with Gasteiger partial charge < -0.3 is 31.3 Å². The zero-order valence-corrected chi connectivity index (χ0v) is 28.2. The SMILES string of the molecule is COC(=O)Nc1cnn(C[C@](C)(O)C(=O)Nc2ccc(C#N)c(C(F)(F)F)c2)c1.C[C@](O)(Cn1cc(N)cn1)C(=O)Nc1ccc(C#N)c(C(F)(F)F)c1. The molecule has 4 aromatic rings. The molecule has 0 aliphatic heterocycles. The molecule has 0 fully saturated rings. The number of amides is 3. The maximum atomic E-state index is 13.0. The van der Waals surface area contributed by atoms with Crippen molar-refractivity contribution in [1.29, 1.82) is 10.5 Å². The lowest BCUT2D eigenvalue weighted by atomic mass is 10.0. The molecule has 2 aromatic heterocycles. The third kappa shape index (κ3) is 11.2. The summed E-state index contributed by atoms with van der Waals surface area (Å²) in [4.78, 5) is 35.7. The van der Waals surface area contributed by atoms with E-state index in [9.17, 15) is 50.9 Å². The quantitative estimate of drug-likeness (QED) is 0.133. The Kier molecular flexibility index (Phi) is 12.6. The number of nitriles is 2. The van der Waals surface area contributed by atoms with Gasteiger partial charge in [-0.05, 0) is 50.2 Å². The number of halogens is 6. The van der Waals surface area contributed by atoms with Gasteiger partial charge >= 0.3 is 18.4 Å².